The lowest BCUT2D eigenvalue weighted by Gasteiger charge is -2.10. The summed E-state index contributed by atoms with van der Waals surface area (Å²) in [7, 11) is 1.30. The van der Waals surface area contributed by atoms with Crippen LogP contribution in [0, 0.1) is 20.8 Å². The van der Waals surface area contributed by atoms with Crippen molar-refractivity contribution in [1.82, 2.24) is 0 Å². The molecule has 1 aromatic carbocycles. The lowest BCUT2D eigenvalue weighted by molar-refractivity contribution is -0.305. The molecule has 7 heteroatoms. The van der Waals surface area contributed by atoms with Crippen LogP contribution in [0.1, 0.15) is 45.6 Å². The standard InChI is InChI=1S/C20H23NO5S/c1-11-8-9-14(10-12(11)2)17-13(3)27-19(18(17)20(25)26-4)21-15(22)6-5-7-16(23)24/h8-10H,5-7H2,1-4H3,(H,21,22)(H,23,24)/p-1. The van der Waals surface area contributed by atoms with Gasteiger partial charge in [0.25, 0.3) is 0 Å². The van der Waals surface area contributed by atoms with Gasteiger partial charge in [0, 0.05) is 22.8 Å². The Morgan fingerprint density at radius 1 is 1.11 bits per heavy atom. The van der Waals surface area contributed by atoms with Crippen molar-refractivity contribution in [3.63, 3.8) is 0 Å². The van der Waals surface area contributed by atoms with Gasteiger partial charge >= 0.3 is 5.97 Å². The van der Waals surface area contributed by atoms with Crippen molar-refractivity contribution >= 4 is 34.2 Å². The minimum absolute atomic E-state index is 0.0323. The number of rotatable bonds is 7. The molecule has 0 aliphatic carbocycles. The predicted octanol–water partition coefficient (Wildman–Crippen LogP) is 2.99. The maximum Gasteiger partial charge on any atom is 0.341 e. The molecule has 27 heavy (non-hydrogen) atoms. The summed E-state index contributed by atoms with van der Waals surface area (Å²) in [5.41, 5.74) is 4.18. The smallest absolute Gasteiger partial charge is 0.341 e. The van der Waals surface area contributed by atoms with Crippen molar-refractivity contribution < 1.29 is 24.2 Å². The number of benzene rings is 1. The fraction of sp³-hybridized carbons (Fsp3) is 0.350. The van der Waals surface area contributed by atoms with E-state index in [1.54, 1.807) is 0 Å². The van der Waals surface area contributed by atoms with Crippen LogP contribution < -0.4 is 10.4 Å². The fourth-order valence-corrected chi connectivity index (χ4v) is 3.84. The molecule has 1 amide bonds. The number of methoxy groups -OCH3 is 1. The summed E-state index contributed by atoms with van der Waals surface area (Å²) in [5.74, 6) is -2.08. The third kappa shape index (κ3) is 4.95. The van der Waals surface area contributed by atoms with E-state index in [-0.39, 0.29) is 25.2 Å². The molecule has 1 heterocycles. The second-order valence-corrected chi connectivity index (χ2v) is 7.53. The van der Waals surface area contributed by atoms with Gasteiger partial charge in [-0.1, -0.05) is 18.2 Å². The number of aliphatic carboxylic acids is 1. The average Bonchev–Trinajstić information content (AvgIpc) is 2.92. The third-order valence-electron chi connectivity index (χ3n) is 4.31. The Balaban J connectivity index is 2.38. The third-order valence-corrected chi connectivity index (χ3v) is 5.33. The van der Waals surface area contributed by atoms with Crippen molar-refractivity contribution in [2.24, 2.45) is 0 Å². The normalized spacial score (nSPS) is 10.5. The first kappa shape index (κ1) is 20.6. The monoisotopic (exact) mass is 388 g/mol. The van der Waals surface area contributed by atoms with E-state index in [4.69, 9.17) is 4.74 Å². The molecule has 2 aromatic rings. The number of carboxylic acids is 1. The summed E-state index contributed by atoms with van der Waals surface area (Å²) in [5, 5.41) is 13.6. The molecule has 0 aliphatic rings. The highest BCUT2D eigenvalue weighted by molar-refractivity contribution is 7.17. The van der Waals surface area contributed by atoms with Crippen LogP contribution in [-0.2, 0) is 14.3 Å². The zero-order valence-electron chi connectivity index (χ0n) is 15.8. The van der Waals surface area contributed by atoms with Gasteiger partial charge in [0.2, 0.25) is 5.91 Å². The largest absolute Gasteiger partial charge is 0.550 e. The number of carboxylic acid groups (broad SMARTS) is 1. The highest BCUT2D eigenvalue weighted by Gasteiger charge is 2.25. The topological polar surface area (TPSA) is 95.5 Å². The number of esters is 1. The van der Waals surface area contributed by atoms with Crippen molar-refractivity contribution in [2.45, 2.75) is 40.0 Å². The number of carbonyl (C=O) groups is 3. The number of aryl methyl sites for hydroxylation is 3. The van der Waals surface area contributed by atoms with E-state index in [1.807, 2.05) is 39.0 Å². The summed E-state index contributed by atoms with van der Waals surface area (Å²) < 4.78 is 4.93. The Bertz CT molecular complexity index is 885. The number of ether oxygens (including phenoxy) is 1. The molecule has 0 spiro atoms. The van der Waals surface area contributed by atoms with Gasteiger partial charge in [0.15, 0.2) is 0 Å². The number of nitrogens with one attached hydrogen (secondary N) is 1. The molecule has 0 radical (unpaired) electrons. The van der Waals surface area contributed by atoms with E-state index in [9.17, 15) is 19.5 Å². The predicted molar refractivity (Wildman–Crippen MR) is 103 cm³/mol. The minimum Gasteiger partial charge on any atom is -0.550 e. The summed E-state index contributed by atoms with van der Waals surface area (Å²) in [4.78, 5) is 35.9. The molecular weight excluding hydrogens is 366 g/mol. The van der Waals surface area contributed by atoms with Gasteiger partial charge < -0.3 is 20.0 Å². The Morgan fingerprint density at radius 3 is 2.41 bits per heavy atom. The molecule has 144 valence electrons. The average molecular weight is 388 g/mol. The first-order valence-electron chi connectivity index (χ1n) is 8.53. The van der Waals surface area contributed by atoms with E-state index >= 15 is 0 Å². The van der Waals surface area contributed by atoms with Gasteiger partial charge in [-0.15, -0.1) is 11.3 Å². The van der Waals surface area contributed by atoms with Gasteiger partial charge in [-0.05, 0) is 50.3 Å². The number of hydrogen-bond acceptors (Lipinski definition) is 6. The Kier molecular flexibility index (Phi) is 6.74. The van der Waals surface area contributed by atoms with Crippen molar-refractivity contribution in [3.05, 3.63) is 39.8 Å². The lowest BCUT2D eigenvalue weighted by atomic mass is 9.97. The highest BCUT2D eigenvalue weighted by atomic mass is 32.1. The molecule has 0 unspecified atom stereocenters. The number of thiophene rings is 1. The summed E-state index contributed by atoms with van der Waals surface area (Å²) in [6, 6.07) is 5.93. The molecule has 1 N–H and O–H groups in total. The summed E-state index contributed by atoms with van der Waals surface area (Å²) in [6.45, 7) is 5.89. The van der Waals surface area contributed by atoms with E-state index in [0.29, 0.717) is 10.6 Å². The zero-order chi connectivity index (χ0) is 20.1. The van der Waals surface area contributed by atoms with Crippen LogP contribution in [-0.4, -0.2) is 25.0 Å². The van der Waals surface area contributed by atoms with E-state index < -0.39 is 11.9 Å². The Hall–Kier alpha value is -2.67. The van der Waals surface area contributed by atoms with Gasteiger partial charge in [0.1, 0.15) is 10.6 Å². The van der Waals surface area contributed by atoms with Crippen LogP contribution in [0.3, 0.4) is 0 Å². The van der Waals surface area contributed by atoms with Crippen molar-refractivity contribution in [3.8, 4) is 11.1 Å². The number of hydrogen-bond donors (Lipinski definition) is 1. The van der Waals surface area contributed by atoms with Gasteiger partial charge in [-0.3, -0.25) is 4.79 Å². The van der Waals surface area contributed by atoms with Crippen LogP contribution in [0.15, 0.2) is 18.2 Å². The van der Waals surface area contributed by atoms with Crippen molar-refractivity contribution in [1.29, 1.82) is 0 Å². The maximum atomic E-state index is 12.4. The molecular formula is C20H22NO5S-. The molecule has 0 fully saturated rings. The first-order chi connectivity index (χ1) is 12.7. The Morgan fingerprint density at radius 2 is 1.81 bits per heavy atom. The highest BCUT2D eigenvalue weighted by Crippen LogP contribution is 2.40. The van der Waals surface area contributed by atoms with Crippen LogP contribution >= 0.6 is 11.3 Å². The van der Waals surface area contributed by atoms with E-state index in [2.05, 4.69) is 5.32 Å². The quantitative estimate of drug-likeness (QED) is 0.736. The molecule has 0 aliphatic heterocycles. The fourth-order valence-electron chi connectivity index (χ4n) is 2.76. The molecule has 6 nitrogen and oxygen atoms in total. The summed E-state index contributed by atoms with van der Waals surface area (Å²) >= 11 is 1.30. The van der Waals surface area contributed by atoms with Crippen LogP contribution in [0.25, 0.3) is 11.1 Å². The SMILES string of the molecule is COC(=O)c1c(NC(=O)CCCC(=O)[O-])sc(C)c1-c1ccc(C)c(C)c1. The first-order valence-corrected chi connectivity index (χ1v) is 9.35. The second kappa shape index (κ2) is 8.81. The number of amides is 1. The van der Waals surface area contributed by atoms with Gasteiger partial charge in [0.05, 0.1) is 7.11 Å². The van der Waals surface area contributed by atoms with E-state index in [1.165, 1.54) is 18.4 Å². The summed E-state index contributed by atoms with van der Waals surface area (Å²) in [6.07, 6.45) is 0.0231. The number of carbonyl (C=O) groups excluding carboxylic acids is 3. The van der Waals surface area contributed by atoms with Crippen LogP contribution in [0.5, 0.6) is 0 Å². The van der Waals surface area contributed by atoms with Crippen LogP contribution in [0.2, 0.25) is 0 Å². The molecule has 0 bridgehead atoms. The second-order valence-electron chi connectivity index (χ2n) is 6.30. The molecule has 1 aromatic heterocycles. The molecule has 0 saturated heterocycles. The molecule has 0 saturated carbocycles. The zero-order valence-corrected chi connectivity index (χ0v) is 16.6. The molecule has 0 atom stereocenters. The van der Waals surface area contributed by atoms with Crippen molar-refractivity contribution in [2.75, 3.05) is 12.4 Å². The molecule has 2 rings (SSSR count). The van der Waals surface area contributed by atoms with E-state index in [0.717, 1.165) is 27.1 Å². The van der Waals surface area contributed by atoms with Gasteiger partial charge in [-0.2, -0.15) is 0 Å². The Labute approximate surface area is 162 Å². The minimum atomic E-state index is -1.19. The number of anilines is 1. The van der Waals surface area contributed by atoms with Crippen LogP contribution in [0.4, 0.5) is 5.00 Å². The lowest BCUT2D eigenvalue weighted by Crippen LogP contribution is -2.22. The maximum absolute atomic E-state index is 12.4. The van der Waals surface area contributed by atoms with Gasteiger partial charge in [-0.25, -0.2) is 4.79 Å².